The lowest BCUT2D eigenvalue weighted by atomic mass is 10.1. The lowest BCUT2D eigenvalue weighted by Crippen LogP contribution is -2.38. The Hall–Kier alpha value is -4.00. The molecule has 3 aromatic rings. The van der Waals surface area contributed by atoms with Crippen molar-refractivity contribution < 1.29 is 18.7 Å². The van der Waals surface area contributed by atoms with Crippen molar-refractivity contribution in [1.82, 2.24) is 0 Å². The zero-order valence-electron chi connectivity index (χ0n) is 16.8. The predicted molar refractivity (Wildman–Crippen MR) is 118 cm³/mol. The van der Waals surface area contributed by atoms with Gasteiger partial charge in [0.2, 0.25) is 11.8 Å². The van der Waals surface area contributed by atoms with Crippen LogP contribution in [0.5, 0.6) is 5.75 Å². The average Bonchev–Trinajstić information content (AvgIpc) is 2.91. The van der Waals surface area contributed by atoms with E-state index in [-0.39, 0.29) is 30.6 Å². The second-order valence-corrected chi connectivity index (χ2v) is 6.96. The van der Waals surface area contributed by atoms with Crippen molar-refractivity contribution >= 4 is 34.6 Å². The number of nitrogens with one attached hydrogen (secondary N) is 1. The molecule has 7 heteroatoms. The smallest absolute Gasteiger partial charge is 0.244 e. The van der Waals surface area contributed by atoms with E-state index in [9.17, 15) is 14.0 Å². The molecule has 0 bridgehead atoms. The Morgan fingerprint density at radius 3 is 2.55 bits per heavy atom. The van der Waals surface area contributed by atoms with Crippen LogP contribution in [0.2, 0.25) is 0 Å². The fraction of sp³-hybridized carbons (Fsp3) is 0.125. The van der Waals surface area contributed by atoms with Crippen molar-refractivity contribution in [1.29, 1.82) is 0 Å². The summed E-state index contributed by atoms with van der Waals surface area (Å²) in [5, 5.41) is 2.79. The third-order valence-electron chi connectivity index (χ3n) is 4.91. The van der Waals surface area contributed by atoms with Gasteiger partial charge in [-0.2, -0.15) is 0 Å². The molecule has 156 valence electrons. The van der Waals surface area contributed by atoms with Gasteiger partial charge < -0.3 is 15.0 Å². The van der Waals surface area contributed by atoms with E-state index in [4.69, 9.17) is 4.74 Å². The van der Waals surface area contributed by atoms with Crippen LogP contribution in [-0.2, 0) is 9.59 Å². The molecule has 0 saturated heterocycles. The molecule has 1 aliphatic heterocycles. The molecule has 31 heavy (non-hydrogen) atoms. The molecule has 3 aromatic carbocycles. The summed E-state index contributed by atoms with van der Waals surface area (Å²) in [6.07, 6.45) is -0.0117. The number of methoxy groups -OCH3 is 1. The van der Waals surface area contributed by atoms with Gasteiger partial charge in [0.25, 0.3) is 0 Å². The first-order valence-electron chi connectivity index (χ1n) is 9.71. The highest BCUT2D eigenvalue weighted by molar-refractivity contribution is 6.19. The number of nitrogens with zero attached hydrogens (tertiary/aromatic N) is 2. The molecule has 4 rings (SSSR count). The number of hydrogen-bond donors (Lipinski definition) is 1. The summed E-state index contributed by atoms with van der Waals surface area (Å²) in [5.41, 5.74) is 2.81. The molecule has 0 aromatic heterocycles. The fourth-order valence-corrected chi connectivity index (χ4v) is 3.41. The molecule has 6 nitrogen and oxygen atoms in total. The van der Waals surface area contributed by atoms with Crippen LogP contribution >= 0.6 is 0 Å². The molecule has 1 aliphatic rings. The molecule has 0 aliphatic carbocycles. The number of carbonyl (C=O) groups is 2. The lowest BCUT2D eigenvalue weighted by molar-refractivity contribution is -0.120. The Balaban J connectivity index is 1.61. The first kappa shape index (κ1) is 20.3. The molecule has 0 atom stereocenters. The van der Waals surface area contributed by atoms with Gasteiger partial charge in [-0.15, -0.1) is 0 Å². The Kier molecular flexibility index (Phi) is 5.75. The Morgan fingerprint density at radius 2 is 1.77 bits per heavy atom. The second-order valence-electron chi connectivity index (χ2n) is 6.96. The standard InChI is InChI=1S/C24H20FN3O3/c1-31-22-9-5-3-7-19(22)27-23(29)15-28-21-8-4-2-6-18(21)26-20(14-24(28)30)16-10-12-17(25)13-11-16/h2-13H,14-15H2,1H3,(H,27,29). The Labute approximate surface area is 179 Å². The highest BCUT2D eigenvalue weighted by Gasteiger charge is 2.26. The van der Waals surface area contributed by atoms with Crippen LogP contribution in [0.25, 0.3) is 0 Å². The number of amides is 2. The Morgan fingerprint density at radius 1 is 1.06 bits per heavy atom. The highest BCUT2D eigenvalue weighted by atomic mass is 19.1. The number of rotatable bonds is 5. The zero-order valence-corrected chi connectivity index (χ0v) is 16.8. The van der Waals surface area contributed by atoms with E-state index < -0.39 is 0 Å². The van der Waals surface area contributed by atoms with Gasteiger partial charge in [0.1, 0.15) is 18.1 Å². The van der Waals surface area contributed by atoms with E-state index in [2.05, 4.69) is 10.3 Å². The van der Waals surface area contributed by atoms with Gasteiger partial charge >= 0.3 is 0 Å². The van der Waals surface area contributed by atoms with Gasteiger partial charge in [-0.05, 0) is 42.0 Å². The van der Waals surface area contributed by atoms with Gasteiger partial charge in [0.05, 0.1) is 36.3 Å². The summed E-state index contributed by atoms with van der Waals surface area (Å²) in [6.45, 7) is -0.180. The van der Waals surface area contributed by atoms with Crippen molar-refractivity contribution in [2.24, 2.45) is 4.99 Å². The average molecular weight is 417 g/mol. The van der Waals surface area contributed by atoms with E-state index in [0.29, 0.717) is 34.1 Å². The van der Waals surface area contributed by atoms with Crippen molar-refractivity contribution in [2.75, 3.05) is 23.9 Å². The van der Waals surface area contributed by atoms with Crippen molar-refractivity contribution in [2.45, 2.75) is 6.42 Å². The minimum absolute atomic E-state index is 0.0117. The van der Waals surface area contributed by atoms with Gasteiger partial charge in [-0.3, -0.25) is 14.6 Å². The largest absolute Gasteiger partial charge is 0.495 e. The maximum atomic E-state index is 13.3. The van der Waals surface area contributed by atoms with Gasteiger partial charge in [0, 0.05) is 0 Å². The lowest BCUT2D eigenvalue weighted by Gasteiger charge is -2.22. The van der Waals surface area contributed by atoms with E-state index in [1.807, 2.05) is 6.07 Å². The Bertz CT molecular complexity index is 1160. The number of halogens is 1. The third-order valence-corrected chi connectivity index (χ3v) is 4.91. The first-order chi connectivity index (χ1) is 15.0. The first-order valence-corrected chi connectivity index (χ1v) is 9.71. The fourth-order valence-electron chi connectivity index (χ4n) is 3.41. The number of benzene rings is 3. The van der Waals surface area contributed by atoms with Crippen LogP contribution in [0.4, 0.5) is 21.5 Å². The number of anilines is 2. The van der Waals surface area contributed by atoms with Gasteiger partial charge in [0.15, 0.2) is 0 Å². The molecular weight excluding hydrogens is 397 g/mol. The zero-order chi connectivity index (χ0) is 21.8. The topological polar surface area (TPSA) is 71.0 Å². The van der Waals surface area contributed by atoms with E-state index >= 15 is 0 Å². The summed E-state index contributed by atoms with van der Waals surface area (Å²) in [5.74, 6) is -0.471. The van der Waals surface area contributed by atoms with Crippen LogP contribution in [0.3, 0.4) is 0 Å². The van der Waals surface area contributed by atoms with E-state index in [0.717, 1.165) is 0 Å². The molecule has 1 heterocycles. The number of aliphatic imine (C=N–C) groups is 1. The monoisotopic (exact) mass is 417 g/mol. The minimum Gasteiger partial charge on any atom is -0.495 e. The third kappa shape index (κ3) is 4.45. The van der Waals surface area contributed by atoms with E-state index in [1.165, 1.54) is 24.1 Å². The van der Waals surface area contributed by atoms with Gasteiger partial charge in [-0.25, -0.2) is 4.39 Å². The molecule has 0 radical (unpaired) electrons. The van der Waals surface area contributed by atoms with Crippen LogP contribution in [-0.4, -0.2) is 31.2 Å². The summed E-state index contributed by atoms with van der Waals surface area (Å²) in [7, 11) is 1.52. The quantitative estimate of drug-likeness (QED) is 0.672. The maximum Gasteiger partial charge on any atom is 0.244 e. The summed E-state index contributed by atoms with van der Waals surface area (Å²) >= 11 is 0. The van der Waals surface area contributed by atoms with Crippen LogP contribution in [0, 0.1) is 5.82 Å². The van der Waals surface area contributed by atoms with Crippen molar-refractivity contribution in [3.63, 3.8) is 0 Å². The molecule has 0 fully saturated rings. The van der Waals surface area contributed by atoms with E-state index in [1.54, 1.807) is 54.6 Å². The summed E-state index contributed by atoms with van der Waals surface area (Å²) in [4.78, 5) is 31.9. The molecule has 2 amide bonds. The van der Waals surface area contributed by atoms with Crippen LogP contribution in [0.1, 0.15) is 12.0 Å². The summed E-state index contributed by atoms with van der Waals surface area (Å²) in [6, 6.07) is 20.0. The number of ether oxygens (including phenoxy) is 1. The molecule has 0 saturated carbocycles. The number of para-hydroxylation sites is 4. The number of fused-ring (bicyclic) bond motifs is 1. The van der Waals surface area contributed by atoms with Crippen molar-refractivity contribution in [3.05, 3.63) is 84.2 Å². The van der Waals surface area contributed by atoms with Gasteiger partial charge in [-0.1, -0.05) is 36.4 Å². The molecular formula is C24H20FN3O3. The van der Waals surface area contributed by atoms with Crippen LogP contribution < -0.4 is 15.0 Å². The molecule has 0 unspecified atom stereocenters. The SMILES string of the molecule is COc1ccccc1NC(=O)CN1C(=O)CC(c2ccc(F)cc2)=Nc2ccccc21. The predicted octanol–water partition coefficient (Wildman–Crippen LogP) is 4.33. The normalized spacial score (nSPS) is 13.2. The second kappa shape index (κ2) is 8.79. The van der Waals surface area contributed by atoms with Crippen LogP contribution in [0.15, 0.2) is 77.8 Å². The molecule has 1 N–H and O–H groups in total. The number of hydrogen-bond acceptors (Lipinski definition) is 4. The summed E-state index contributed by atoms with van der Waals surface area (Å²) < 4.78 is 18.6. The minimum atomic E-state index is -0.363. The maximum absolute atomic E-state index is 13.3. The molecule has 0 spiro atoms. The highest BCUT2D eigenvalue weighted by Crippen LogP contribution is 2.33. The number of carbonyl (C=O) groups excluding carboxylic acids is 2. The van der Waals surface area contributed by atoms with Crippen molar-refractivity contribution in [3.8, 4) is 5.75 Å².